The molecule has 0 aliphatic rings. The molecule has 2 aromatic rings. The molecule has 2 aromatic heterocycles. The summed E-state index contributed by atoms with van der Waals surface area (Å²) in [7, 11) is 0. The lowest BCUT2D eigenvalue weighted by molar-refractivity contribution is 0.123. The van der Waals surface area contributed by atoms with Gasteiger partial charge in [0.05, 0.1) is 6.20 Å². The van der Waals surface area contributed by atoms with E-state index in [0.717, 1.165) is 4.68 Å². The molecule has 0 radical (unpaired) electrons. The molecule has 0 aromatic carbocycles. The molecule has 0 saturated heterocycles. The van der Waals surface area contributed by atoms with E-state index in [1.165, 1.54) is 6.20 Å². The van der Waals surface area contributed by atoms with Crippen LogP contribution >= 0.6 is 11.6 Å². The van der Waals surface area contributed by atoms with Crippen molar-refractivity contribution in [1.29, 1.82) is 0 Å². The highest BCUT2D eigenvalue weighted by Crippen LogP contribution is 2.15. The Balaban J connectivity index is 2.50. The smallest absolute Gasteiger partial charge is 0.241 e. The minimum Gasteiger partial charge on any atom is -0.241 e. The molecule has 2 heterocycles. The summed E-state index contributed by atoms with van der Waals surface area (Å²) in [4.78, 5) is 3.92. The number of fused-ring (bicyclic) bond motifs is 1. The number of hydrogen-bond acceptors (Lipinski definition) is 2. The van der Waals surface area contributed by atoms with Crippen molar-refractivity contribution in [2.75, 3.05) is 0 Å². The Morgan fingerprint density at radius 1 is 1.43 bits per heavy atom. The van der Waals surface area contributed by atoms with Crippen molar-refractivity contribution in [3.8, 4) is 0 Å². The first-order valence-electron chi connectivity index (χ1n) is 3.93. The van der Waals surface area contributed by atoms with Crippen LogP contribution in [0.25, 0.3) is 11.0 Å². The van der Waals surface area contributed by atoms with Crippen LogP contribution in [-0.4, -0.2) is 21.2 Å². The van der Waals surface area contributed by atoms with Gasteiger partial charge in [-0.25, -0.2) is 18.4 Å². The SMILES string of the molecule is FC(F)Cn1ncc2ccc(Cl)nc21. The average Bonchev–Trinajstić information content (AvgIpc) is 2.47. The van der Waals surface area contributed by atoms with Gasteiger partial charge in [0.1, 0.15) is 11.7 Å². The number of aromatic nitrogens is 3. The van der Waals surface area contributed by atoms with Crippen molar-refractivity contribution in [2.24, 2.45) is 0 Å². The lowest BCUT2D eigenvalue weighted by Gasteiger charge is -2.00. The largest absolute Gasteiger partial charge is 0.258 e. The van der Waals surface area contributed by atoms with Crippen molar-refractivity contribution >= 4 is 22.6 Å². The molecule has 6 heteroatoms. The first-order chi connectivity index (χ1) is 6.66. The fourth-order valence-corrected chi connectivity index (χ4v) is 1.34. The summed E-state index contributed by atoms with van der Waals surface area (Å²) in [5, 5.41) is 4.77. The Bertz CT molecular complexity index is 455. The zero-order chi connectivity index (χ0) is 10.1. The number of hydrogen-bond donors (Lipinski definition) is 0. The van der Waals surface area contributed by atoms with Crippen molar-refractivity contribution < 1.29 is 8.78 Å². The summed E-state index contributed by atoms with van der Waals surface area (Å²) < 4.78 is 25.4. The number of halogens is 3. The summed E-state index contributed by atoms with van der Waals surface area (Å²) in [5.74, 6) is 0. The molecule has 3 nitrogen and oxygen atoms in total. The molecule has 0 atom stereocenters. The summed E-state index contributed by atoms with van der Waals surface area (Å²) >= 11 is 5.64. The van der Waals surface area contributed by atoms with Crippen molar-refractivity contribution in [1.82, 2.24) is 14.8 Å². The van der Waals surface area contributed by atoms with E-state index < -0.39 is 13.0 Å². The number of nitrogens with zero attached hydrogens (tertiary/aromatic N) is 3. The first-order valence-corrected chi connectivity index (χ1v) is 4.31. The summed E-state index contributed by atoms with van der Waals surface area (Å²) in [6.07, 6.45) is -0.958. The van der Waals surface area contributed by atoms with Gasteiger partial charge in [0.15, 0.2) is 5.65 Å². The molecule has 0 aliphatic carbocycles. The zero-order valence-corrected chi connectivity index (χ0v) is 7.75. The number of pyridine rings is 1. The topological polar surface area (TPSA) is 30.7 Å². The monoisotopic (exact) mass is 217 g/mol. The highest BCUT2D eigenvalue weighted by Gasteiger charge is 2.09. The minimum atomic E-state index is -2.45. The van der Waals surface area contributed by atoms with Gasteiger partial charge in [0.2, 0.25) is 0 Å². The fourth-order valence-electron chi connectivity index (χ4n) is 1.19. The molecule has 2 rings (SSSR count). The van der Waals surface area contributed by atoms with Crippen LogP contribution in [0.5, 0.6) is 0 Å². The van der Waals surface area contributed by atoms with Gasteiger partial charge in [-0.2, -0.15) is 5.10 Å². The van der Waals surface area contributed by atoms with Gasteiger partial charge in [-0.15, -0.1) is 0 Å². The lowest BCUT2D eigenvalue weighted by Crippen LogP contribution is -2.08. The summed E-state index contributed by atoms with van der Waals surface area (Å²) in [6, 6.07) is 3.29. The van der Waals surface area contributed by atoms with Crippen LogP contribution in [0, 0.1) is 0 Å². The zero-order valence-electron chi connectivity index (χ0n) is 6.99. The Labute approximate surface area is 83.3 Å². The van der Waals surface area contributed by atoms with Crippen LogP contribution in [0.2, 0.25) is 5.15 Å². The Morgan fingerprint density at radius 2 is 2.21 bits per heavy atom. The van der Waals surface area contributed by atoms with E-state index in [0.29, 0.717) is 11.0 Å². The standard InChI is InChI=1S/C8H6ClF2N3/c9-6-2-1-5-3-12-14(4-7(10)11)8(5)13-6/h1-3,7H,4H2. The van der Waals surface area contributed by atoms with E-state index in [4.69, 9.17) is 11.6 Å². The molecule has 74 valence electrons. The van der Waals surface area contributed by atoms with E-state index in [2.05, 4.69) is 10.1 Å². The molecule has 0 spiro atoms. The molecule has 0 fully saturated rings. The molecule has 0 saturated carbocycles. The molecule has 0 amide bonds. The van der Waals surface area contributed by atoms with Gasteiger partial charge in [-0.05, 0) is 12.1 Å². The molecule has 0 aliphatic heterocycles. The number of alkyl halides is 2. The van der Waals surface area contributed by atoms with Crippen LogP contribution in [0.15, 0.2) is 18.3 Å². The molecule has 0 N–H and O–H groups in total. The van der Waals surface area contributed by atoms with Crippen LogP contribution in [0.3, 0.4) is 0 Å². The van der Waals surface area contributed by atoms with E-state index in [1.54, 1.807) is 12.1 Å². The summed E-state index contributed by atoms with van der Waals surface area (Å²) in [6.45, 7) is -0.461. The predicted molar refractivity (Wildman–Crippen MR) is 48.5 cm³/mol. The third kappa shape index (κ3) is 1.68. The maximum absolute atomic E-state index is 12.1. The van der Waals surface area contributed by atoms with E-state index in [1.807, 2.05) is 0 Å². The van der Waals surface area contributed by atoms with Gasteiger partial charge >= 0.3 is 0 Å². The Hall–Kier alpha value is -1.23. The minimum absolute atomic E-state index is 0.272. The van der Waals surface area contributed by atoms with Gasteiger partial charge in [0, 0.05) is 5.39 Å². The van der Waals surface area contributed by atoms with Gasteiger partial charge in [0.25, 0.3) is 6.43 Å². The van der Waals surface area contributed by atoms with Gasteiger partial charge in [-0.3, -0.25) is 0 Å². The normalized spacial score (nSPS) is 11.4. The van der Waals surface area contributed by atoms with Crippen LogP contribution < -0.4 is 0 Å². The number of rotatable bonds is 2. The average molecular weight is 218 g/mol. The Kier molecular flexibility index (Phi) is 2.33. The van der Waals surface area contributed by atoms with E-state index >= 15 is 0 Å². The van der Waals surface area contributed by atoms with Crippen molar-refractivity contribution in [3.63, 3.8) is 0 Å². The first kappa shape index (κ1) is 9.33. The molecule has 0 unspecified atom stereocenters. The highest BCUT2D eigenvalue weighted by molar-refractivity contribution is 6.29. The summed E-state index contributed by atoms with van der Waals surface area (Å²) in [5.41, 5.74) is 0.387. The van der Waals surface area contributed by atoms with Crippen molar-refractivity contribution in [2.45, 2.75) is 13.0 Å². The van der Waals surface area contributed by atoms with Crippen LogP contribution in [-0.2, 0) is 6.54 Å². The molecular formula is C8H6ClF2N3. The maximum atomic E-state index is 12.1. The second-order valence-electron chi connectivity index (χ2n) is 2.76. The third-order valence-electron chi connectivity index (χ3n) is 1.76. The molecule has 14 heavy (non-hydrogen) atoms. The Morgan fingerprint density at radius 3 is 2.93 bits per heavy atom. The fraction of sp³-hybridized carbons (Fsp3) is 0.250. The quantitative estimate of drug-likeness (QED) is 0.723. The predicted octanol–water partition coefficient (Wildman–Crippen LogP) is 2.35. The molecule has 0 bridgehead atoms. The van der Waals surface area contributed by atoms with E-state index in [9.17, 15) is 8.78 Å². The van der Waals surface area contributed by atoms with Crippen LogP contribution in [0.1, 0.15) is 0 Å². The van der Waals surface area contributed by atoms with Gasteiger partial charge in [-0.1, -0.05) is 11.6 Å². The van der Waals surface area contributed by atoms with E-state index in [-0.39, 0.29) is 5.15 Å². The lowest BCUT2D eigenvalue weighted by atomic mass is 10.4. The molecular weight excluding hydrogens is 212 g/mol. The van der Waals surface area contributed by atoms with Crippen molar-refractivity contribution in [3.05, 3.63) is 23.5 Å². The maximum Gasteiger partial charge on any atom is 0.258 e. The van der Waals surface area contributed by atoms with Gasteiger partial charge < -0.3 is 0 Å². The third-order valence-corrected chi connectivity index (χ3v) is 1.97. The van der Waals surface area contributed by atoms with Crippen LogP contribution in [0.4, 0.5) is 8.78 Å². The second kappa shape index (κ2) is 3.49. The second-order valence-corrected chi connectivity index (χ2v) is 3.15. The highest BCUT2D eigenvalue weighted by atomic mass is 35.5.